The molecule has 1 aliphatic heterocycles. The number of rotatable bonds is 8. The van der Waals surface area contributed by atoms with Crippen LogP contribution in [0.1, 0.15) is 68.5 Å². The maximum atomic E-state index is 13.1. The number of imidazole rings is 1. The molecule has 0 radical (unpaired) electrons. The number of fused-ring (bicyclic) bond motifs is 1. The van der Waals surface area contributed by atoms with E-state index in [4.69, 9.17) is 9.72 Å². The molecule has 1 atom stereocenters. The van der Waals surface area contributed by atoms with Crippen molar-refractivity contribution in [3.05, 3.63) is 89.2 Å². The fourth-order valence-electron chi connectivity index (χ4n) is 5.38. The van der Waals surface area contributed by atoms with Gasteiger partial charge in [-0.15, -0.1) is 0 Å². The highest BCUT2D eigenvalue weighted by molar-refractivity contribution is 5.97. The number of para-hydroxylation sites is 2. The Hall–Kier alpha value is -3.60. The van der Waals surface area contributed by atoms with Crippen LogP contribution in [0.4, 0.5) is 5.69 Å². The van der Waals surface area contributed by atoms with Crippen molar-refractivity contribution in [1.29, 1.82) is 0 Å². The topological polar surface area (TPSA) is 47.4 Å². The van der Waals surface area contributed by atoms with Crippen LogP contribution >= 0.6 is 0 Å². The lowest BCUT2D eigenvalue weighted by Crippen LogP contribution is -2.25. The summed E-state index contributed by atoms with van der Waals surface area (Å²) in [5.74, 6) is 2.19. The molecule has 5 nitrogen and oxygen atoms in total. The van der Waals surface area contributed by atoms with Gasteiger partial charge in [0.1, 0.15) is 11.6 Å². The second kappa shape index (κ2) is 10.6. The molecule has 4 aromatic rings. The average Bonchev–Trinajstić information content (AvgIpc) is 3.45. The summed E-state index contributed by atoms with van der Waals surface area (Å²) in [6.45, 7) is 13.0. The zero-order chi connectivity index (χ0) is 26.9. The van der Waals surface area contributed by atoms with Crippen LogP contribution in [-0.4, -0.2) is 28.6 Å². The fraction of sp³-hybridized carbons (Fsp3) is 0.394. The fourth-order valence-corrected chi connectivity index (χ4v) is 5.38. The van der Waals surface area contributed by atoms with Crippen LogP contribution < -0.4 is 9.64 Å². The summed E-state index contributed by atoms with van der Waals surface area (Å²) < 4.78 is 8.36. The molecule has 0 bridgehead atoms. The first-order valence-electron chi connectivity index (χ1n) is 13.8. The summed E-state index contributed by atoms with van der Waals surface area (Å²) in [5.41, 5.74) is 6.91. The molecule has 1 amide bonds. The first-order chi connectivity index (χ1) is 18.2. The molecule has 1 aromatic heterocycles. The molecule has 38 heavy (non-hydrogen) atoms. The van der Waals surface area contributed by atoms with Gasteiger partial charge in [-0.1, -0.05) is 57.2 Å². The summed E-state index contributed by atoms with van der Waals surface area (Å²) in [6.07, 6.45) is 2.42. The monoisotopic (exact) mass is 509 g/mol. The van der Waals surface area contributed by atoms with E-state index in [2.05, 4.69) is 99.8 Å². The molecule has 198 valence electrons. The molecule has 5 rings (SSSR count). The van der Waals surface area contributed by atoms with Gasteiger partial charge in [-0.3, -0.25) is 4.79 Å². The van der Waals surface area contributed by atoms with Gasteiger partial charge in [0.25, 0.3) is 0 Å². The van der Waals surface area contributed by atoms with Crippen LogP contribution in [0.3, 0.4) is 0 Å². The highest BCUT2D eigenvalue weighted by atomic mass is 16.5. The second-order valence-electron chi connectivity index (χ2n) is 11.6. The largest absolute Gasteiger partial charge is 0.494 e. The Kier molecular flexibility index (Phi) is 7.29. The molecule has 2 heterocycles. The predicted octanol–water partition coefficient (Wildman–Crippen LogP) is 7.33. The lowest BCUT2D eigenvalue weighted by atomic mass is 9.87. The standard InChI is InChI=1S/C33H39N3O2/c1-23-12-13-24(2)30(20-23)36-22-25(21-31(36)37)32-34-28-10-6-7-11-29(28)35(32)18-8-9-19-38-27-16-14-26(15-17-27)33(3,4)5/h6-7,10-17,20,25H,8-9,18-19,21-22H2,1-5H3. The van der Waals surface area contributed by atoms with Gasteiger partial charge in [0.15, 0.2) is 0 Å². The number of unbranched alkanes of at least 4 members (excludes halogenated alkanes) is 1. The number of amides is 1. The van der Waals surface area contributed by atoms with Crippen molar-refractivity contribution in [2.75, 3.05) is 18.1 Å². The van der Waals surface area contributed by atoms with Gasteiger partial charge in [0, 0.05) is 31.1 Å². The van der Waals surface area contributed by atoms with Gasteiger partial charge < -0.3 is 14.2 Å². The number of aromatic nitrogens is 2. The van der Waals surface area contributed by atoms with Gasteiger partial charge in [0.2, 0.25) is 5.91 Å². The SMILES string of the molecule is Cc1ccc(C)c(N2CC(c3nc4ccccc4n3CCCCOc3ccc(C(C)(C)C)cc3)CC2=O)c1. The Morgan fingerprint density at radius 1 is 0.974 bits per heavy atom. The molecule has 1 fully saturated rings. The molecule has 3 aromatic carbocycles. The summed E-state index contributed by atoms with van der Waals surface area (Å²) >= 11 is 0. The van der Waals surface area contributed by atoms with Crippen molar-refractivity contribution in [2.45, 2.75) is 71.8 Å². The molecule has 5 heteroatoms. The van der Waals surface area contributed by atoms with Crippen molar-refractivity contribution >= 4 is 22.6 Å². The van der Waals surface area contributed by atoms with Crippen LogP contribution in [0, 0.1) is 13.8 Å². The van der Waals surface area contributed by atoms with Gasteiger partial charge in [-0.05, 0) is 79.1 Å². The third kappa shape index (κ3) is 5.47. The number of hydrogen-bond donors (Lipinski definition) is 0. The number of hydrogen-bond acceptors (Lipinski definition) is 3. The van der Waals surface area contributed by atoms with Crippen LogP contribution in [0.5, 0.6) is 5.75 Å². The van der Waals surface area contributed by atoms with Crippen LogP contribution in [0.25, 0.3) is 11.0 Å². The first-order valence-corrected chi connectivity index (χ1v) is 13.8. The number of carbonyl (C=O) groups excluding carboxylic acids is 1. The number of carbonyl (C=O) groups is 1. The van der Waals surface area contributed by atoms with Crippen molar-refractivity contribution in [3.63, 3.8) is 0 Å². The summed E-state index contributed by atoms with van der Waals surface area (Å²) in [4.78, 5) is 20.1. The lowest BCUT2D eigenvalue weighted by molar-refractivity contribution is -0.117. The Morgan fingerprint density at radius 2 is 1.74 bits per heavy atom. The zero-order valence-corrected chi connectivity index (χ0v) is 23.3. The van der Waals surface area contributed by atoms with Gasteiger partial charge in [0.05, 0.1) is 17.6 Å². The third-order valence-corrected chi connectivity index (χ3v) is 7.59. The number of ether oxygens (including phenoxy) is 1. The van der Waals surface area contributed by atoms with E-state index in [9.17, 15) is 4.79 Å². The smallest absolute Gasteiger partial charge is 0.227 e. The van der Waals surface area contributed by atoms with E-state index in [1.165, 1.54) is 11.1 Å². The minimum Gasteiger partial charge on any atom is -0.494 e. The molecule has 0 N–H and O–H groups in total. The molecule has 0 spiro atoms. The minimum absolute atomic E-state index is 0.0763. The summed E-state index contributed by atoms with van der Waals surface area (Å²) in [7, 11) is 0. The predicted molar refractivity (Wildman–Crippen MR) is 155 cm³/mol. The van der Waals surface area contributed by atoms with Crippen LogP contribution in [-0.2, 0) is 16.8 Å². The highest BCUT2D eigenvalue weighted by Gasteiger charge is 2.35. The Labute approximate surface area is 226 Å². The maximum absolute atomic E-state index is 13.1. The van der Waals surface area contributed by atoms with Gasteiger partial charge in [-0.25, -0.2) is 4.98 Å². The van der Waals surface area contributed by atoms with Crippen LogP contribution in [0.2, 0.25) is 0 Å². The first kappa shape index (κ1) is 26.0. The van der Waals surface area contributed by atoms with E-state index in [0.717, 1.165) is 53.2 Å². The van der Waals surface area contributed by atoms with Gasteiger partial charge in [-0.2, -0.15) is 0 Å². The van der Waals surface area contributed by atoms with E-state index < -0.39 is 0 Å². The lowest BCUT2D eigenvalue weighted by Gasteiger charge is -2.20. The van der Waals surface area contributed by atoms with E-state index in [0.29, 0.717) is 19.6 Å². The Morgan fingerprint density at radius 3 is 2.50 bits per heavy atom. The number of nitrogens with zero attached hydrogens (tertiary/aromatic N) is 3. The molecular formula is C33H39N3O2. The van der Waals surface area contributed by atoms with E-state index in [1.54, 1.807) is 0 Å². The Bertz CT molecular complexity index is 1430. The molecule has 1 unspecified atom stereocenters. The summed E-state index contributed by atoms with van der Waals surface area (Å²) in [6, 6.07) is 23.1. The van der Waals surface area contributed by atoms with Crippen molar-refractivity contribution in [1.82, 2.24) is 9.55 Å². The highest BCUT2D eigenvalue weighted by Crippen LogP contribution is 2.35. The maximum Gasteiger partial charge on any atom is 0.227 e. The molecule has 0 saturated carbocycles. The normalized spacial score (nSPS) is 16.0. The van der Waals surface area contributed by atoms with E-state index in [1.807, 2.05) is 11.0 Å². The second-order valence-corrected chi connectivity index (χ2v) is 11.6. The van der Waals surface area contributed by atoms with Crippen molar-refractivity contribution < 1.29 is 9.53 Å². The number of aryl methyl sites for hydroxylation is 3. The van der Waals surface area contributed by atoms with Crippen LogP contribution in [0.15, 0.2) is 66.7 Å². The molecular weight excluding hydrogens is 470 g/mol. The van der Waals surface area contributed by atoms with E-state index >= 15 is 0 Å². The minimum atomic E-state index is 0.0763. The number of benzene rings is 3. The molecule has 1 saturated heterocycles. The van der Waals surface area contributed by atoms with Crippen molar-refractivity contribution in [2.24, 2.45) is 0 Å². The zero-order valence-electron chi connectivity index (χ0n) is 23.3. The van der Waals surface area contributed by atoms with Gasteiger partial charge >= 0.3 is 0 Å². The average molecular weight is 510 g/mol. The quantitative estimate of drug-likeness (QED) is 0.234. The van der Waals surface area contributed by atoms with Crippen molar-refractivity contribution in [3.8, 4) is 5.75 Å². The third-order valence-electron chi connectivity index (χ3n) is 7.59. The number of anilines is 1. The molecule has 0 aliphatic carbocycles. The Balaban J connectivity index is 1.26. The van der Waals surface area contributed by atoms with E-state index in [-0.39, 0.29) is 17.2 Å². The molecule has 1 aliphatic rings. The summed E-state index contributed by atoms with van der Waals surface area (Å²) in [5, 5.41) is 0.